The van der Waals surface area contributed by atoms with E-state index in [0.717, 1.165) is 51.5 Å². The molecule has 0 atom stereocenters. The Balaban J connectivity index is 1.38. The summed E-state index contributed by atoms with van der Waals surface area (Å²) < 4.78 is 8.84. The lowest BCUT2D eigenvalue weighted by atomic mass is 9.56. The Hall–Kier alpha value is -4.39. The van der Waals surface area contributed by atoms with Crippen molar-refractivity contribution in [3.8, 4) is 17.2 Å². The Bertz CT molecular complexity index is 1690. The van der Waals surface area contributed by atoms with Crippen LogP contribution in [0.25, 0.3) is 32.9 Å². The van der Waals surface area contributed by atoms with Crippen LogP contribution in [0, 0.1) is 16.7 Å². The monoisotopic (exact) mass is 526 g/mol. The summed E-state index contributed by atoms with van der Waals surface area (Å²) in [5.74, 6) is -0.849. The van der Waals surface area contributed by atoms with E-state index in [2.05, 4.69) is 11.2 Å². The van der Waals surface area contributed by atoms with Gasteiger partial charge < -0.3 is 14.7 Å². The number of carbonyl (C=O) groups excluding carboxylic acids is 1. The molecule has 1 N–H and O–H groups in total. The van der Waals surface area contributed by atoms with E-state index in [0.29, 0.717) is 18.7 Å². The molecule has 1 saturated heterocycles. The highest BCUT2D eigenvalue weighted by molar-refractivity contribution is 6.01. The van der Waals surface area contributed by atoms with Crippen molar-refractivity contribution in [2.24, 2.45) is 12.5 Å². The van der Waals surface area contributed by atoms with Crippen molar-refractivity contribution in [2.75, 3.05) is 13.1 Å². The van der Waals surface area contributed by atoms with Crippen LogP contribution in [0.15, 0.2) is 36.5 Å². The van der Waals surface area contributed by atoms with E-state index in [-0.39, 0.29) is 24.0 Å². The van der Waals surface area contributed by atoms with E-state index >= 15 is 0 Å². The number of hydrogen-bond donors (Lipinski definition) is 1. The molecule has 10 nitrogen and oxygen atoms in total. The summed E-state index contributed by atoms with van der Waals surface area (Å²) in [7, 11) is 1.86. The lowest BCUT2D eigenvalue weighted by Crippen LogP contribution is -2.63. The van der Waals surface area contributed by atoms with Crippen LogP contribution < -0.4 is 0 Å². The topological polar surface area (TPSA) is 126 Å². The fourth-order valence-electron chi connectivity index (χ4n) is 6.19. The first-order valence-electron chi connectivity index (χ1n) is 13.0. The molecule has 1 aliphatic carbocycles. The van der Waals surface area contributed by atoms with Crippen LogP contribution in [-0.2, 0) is 23.1 Å². The largest absolute Gasteiger partial charge is 0.480 e. The number of fused-ring (bicyclic) bond motifs is 2. The molecule has 1 spiro atoms. The first kappa shape index (κ1) is 24.9. The van der Waals surface area contributed by atoms with Crippen molar-refractivity contribution < 1.29 is 19.4 Å². The van der Waals surface area contributed by atoms with Gasteiger partial charge in [0.05, 0.1) is 34.6 Å². The van der Waals surface area contributed by atoms with Gasteiger partial charge in [0, 0.05) is 47.8 Å². The third kappa shape index (κ3) is 4.18. The van der Waals surface area contributed by atoms with Gasteiger partial charge in [0.2, 0.25) is 0 Å². The van der Waals surface area contributed by atoms with Gasteiger partial charge in [-0.05, 0) is 57.4 Å². The number of aryl methyl sites for hydroxylation is 1. The Morgan fingerprint density at radius 1 is 1.18 bits per heavy atom. The van der Waals surface area contributed by atoms with Crippen LogP contribution in [0.4, 0.5) is 4.79 Å². The summed E-state index contributed by atoms with van der Waals surface area (Å²) in [6, 6.07) is 11.9. The van der Waals surface area contributed by atoms with E-state index in [1.54, 1.807) is 20.5 Å². The zero-order chi connectivity index (χ0) is 27.7. The Kier molecular flexibility index (Phi) is 5.47. The molecule has 0 bridgehead atoms. The molecule has 4 aromatic rings. The summed E-state index contributed by atoms with van der Waals surface area (Å²) in [5.41, 5.74) is 4.12. The molecule has 2 aromatic carbocycles. The van der Waals surface area contributed by atoms with Crippen LogP contribution in [-0.4, -0.2) is 60.3 Å². The number of amides is 1. The number of benzene rings is 2. The molecule has 6 rings (SSSR count). The van der Waals surface area contributed by atoms with Gasteiger partial charge in [-0.2, -0.15) is 15.5 Å². The van der Waals surface area contributed by atoms with Crippen molar-refractivity contribution in [3.05, 3.63) is 47.8 Å². The number of carbonyl (C=O) groups is 2. The van der Waals surface area contributed by atoms with E-state index < -0.39 is 11.6 Å². The van der Waals surface area contributed by atoms with Gasteiger partial charge in [-0.15, -0.1) is 0 Å². The van der Waals surface area contributed by atoms with Gasteiger partial charge in [-0.25, -0.2) is 4.79 Å². The average Bonchev–Trinajstić information content (AvgIpc) is 3.35. The average molecular weight is 527 g/mol. The number of nitrogens with zero attached hydrogens (tertiary/aromatic N) is 6. The number of likely N-dealkylation sites (tertiary alicyclic amines) is 1. The number of hydrogen-bond acceptors (Lipinski definition) is 6. The Morgan fingerprint density at radius 2 is 1.92 bits per heavy atom. The van der Waals surface area contributed by atoms with Crippen LogP contribution in [0.3, 0.4) is 0 Å². The molecular formula is C29H30N6O4. The van der Waals surface area contributed by atoms with E-state index in [1.165, 1.54) is 0 Å². The first-order chi connectivity index (χ1) is 18.5. The van der Waals surface area contributed by atoms with Gasteiger partial charge in [-0.3, -0.25) is 14.2 Å². The second kappa shape index (κ2) is 8.56. The van der Waals surface area contributed by atoms with Crippen LogP contribution in [0.2, 0.25) is 0 Å². The van der Waals surface area contributed by atoms with Crippen molar-refractivity contribution in [2.45, 2.75) is 51.7 Å². The molecule has 0 unspecified atom stereocenters. The molecule has 3 heterocycles. The highest BCUT2D eigenvalue weighted by Gasteiger charge is 2.55. The van der Waals surface area contributed by atoms with Gasteiger partial charge in [0.1, 0.15) is 12.1 Å². The van der Waals surface area contributed by atoms with Crippen LogP contribution in [0.1, 0.15) is 50.8 Å². The summed E-state index contributed by atoms with van der Waals surface area (Å²) in [5, 5.41) is 30.5. The second-order valence-corrected chi connectivity index (χ2v) is 11.9. The molecule has 10 heteroatoms. The lowest BCUT2D eigenvalue weighted by Gasteiger charge is -2.58. The number of carboxylic acid groups (broad SMARTS) is 1. The van der Waals surface area contributed by atoms with Crippen molar-refractivity contribution >= 4 is 33.9 Å². The predicted octanol–water partition coefficient (Wildman–Crippen LogP) is 4.66. The Labute approximate surface area is 225 Å². The summed E-state index contributed by atoms with van der Waals surface area (Å²) in [6.07, 6.45) is 3.16. The molecule has 2 aliphatic rings. The zero-order valence-electron chi connectivity index (χ0n) is 22.4. The molecule has 1 saturated carbocycles. The molecular weight excluding hydrogens is 496 g/mol. The maximum Gasteiger partial charge on any atom is 0.410 e. The minimum absolute atomic E-state index is 0.0326. The number of rotatable bonds is 4. The van der Waals surface area contributed by atoms with Gasteiger partial charge in [0.15, 0.2) is 0 Å². The number of carboxylic acids is 1. The minimum Gasteiger partial charge on any atom is -0.480 e. The highest BCUT2D eigenvalue weighted by Crippen LogP contribution is 2.57. The fourth-order valence-corrected chi connectivity index (χ4v) is 6.19. The van der Waals surface area contributed by atoms with Crippen molar-refractivity contribution in [1.82, 2.24) is 24.5 Å². The number of nitriles is 1. The summed E-state index contributed by atoms with van der Waals surface area (Å²) >= 11 is 0. The van der Waals surface area contributed by atoms with Gasteiger partial charge in [-0.1, -0.05) is 12.1 Å². The number of aliphatic carboxylic acids is 1. The zero-order valence-corrected chi connectivity index (χ0v) is 22.4. The molecule has 1 aliphatic heterocycles. The van der Waals surface area contributed by atoms with E-state index in [9.17, 15) is 20.0 Å². The number of ether oxygens (including phenoxy) is 1. The van der Waals surface area contributed by atoms with Gasteiger partial charge in [0.25, 0.3) is 0 Å². The standard InChI is InChI=1S/C29H30N6O4/c1-28(2,3)39-27(38)34-15-29(16-34)10-19(11-29)26-25-20(6-5-7-22(25)35(32-26)14-24(36)37)21-9-23-18(8-17(21)12-30)13-31-33(23)4/h5-9,13,19H,10-11,14-16H2,1-4H3,(H,36,37). The highest BCUT2D eigenvalue weighted by atomic mass is 16.6. The predicted molar refractivity (Wildman–Crippen MR) is 144 cm³/mol. The molecule has 2 fully saturated rings. The fraction of sp³-hybridized carbons (Fsp3) is 0.414. The number of aromatic nitrogens is 4. The molecule has 2 aromatic heterocycles. The molecule has 1 amide bonds. The second-order valence-electron chi connectivity index (χ2n) is 11.9. The molecule has 0 radical (unpaired) electrons. The van der Waals surface area contributed by atoms with Crippen LogP contribution >= 0.6 is 0 Å². The Morgan fingerprint density at radius 3 is 2.59 bits per heavy atom. The SMILES string of the molecule is Cn1ncc2cc(C#N)c(-c3cccc4c3c(C3CC5(C3)CN(C(=O)OC(C)(C)C)C5)nn4CC(=O)O)cc21. The minimum atomic E-state index is -0.970. The summed E-state index contributed by atoms with van der Waals surface area (Å²) in [4.78, 5) is 25.9. The van der Waals surface area contributed by atoms with E-state index in [1.807, 2.05) is 58.2 Å². The first-order valence-corrected chi connectivity index (χ1v) is 13.0. The third-order valence-corrected chi connectivity index (χ3v) is 7.84. The lowest BCUT2D eigenvalue weighted by molar-refractivity contribution is -0.137. The molecule has 200 valence electrons. The van der Waals surface area contributed by atoms with E-state index in [4.69, 9.17) is 9.84 Å². The quantitative estimate of drug-likeness (QED) is 0.410. The smallest absolute Gasteiger partial charge is 0.410 e. The van der Waals surface area contributed by atoms with Crippen molar-refractivity contribution in [3.63, 3.8) is 0 Å². The normalized spacial score (nSPS) is 16.7. The maximum absolute atomic E-state index is 12.5. The molecule has 39 heavy (non-hydrogen) atoms. The van der Waals surface area contributed by atoms with Crippen molar-refractivity contribution in [1.29, 1.82) is 5.26 Å². The summed E-state index contributed by atoms with van der Waals surface area (Å²) in [6.45, 7) is 6.62. The van der Waals surface area contributed by atoms with Crippen LogP contribution in [0.5, 0.6) is 0 Å². The van der Waals surface area contributed by atoms with Gasteiger partial charge >= 0.3 is 12.1 Å². The third-order valence-electron chi connectivity index (χ3n) is 7.84. The maximum atomic E-state index is 12.5.